The number of halogens is 1. The summed E-state index contributed by atoms with van der Waals surface area (Å²) in [6.07, 6.45) is 1.31. The van der Waals surface area contributed by atoms with Gasteiger partial charge in [0, 0.05) is 6.04 Å². The van der Waals surface area contributed by atoms with Gasteiger partial charge in [-0.1, -0.05) is 11.6 Å². The Bertz CT molecular complexity index is 411. The summed E-state index contributed by atoms with van der Waals surface area (Å²) in [5.41, 5.74) is 6.04. The molecular weight excluding hydrogens is 244 g/mol. The second-order valence-electron chi connectivity index (χ2n) is 3.70. The predicted molar refractivity (Wildman–Crippen MR) is 66.0 cm³/mol. The van der Waals surface area contributed by atoms with Gasteiger partial charge in [-0.2, -0.15) is 0 Å². The summed E-state index contributed by atoms with van der Waals surface area (Å²) in [5, 5.41) is 0.172. The number of nitrogens with zero attached hydrogens (tertiary/aromatic N) is 3. The van der Waals surface area contributed by atoms with Crippen molar-refractivity contribution < 1.29 is 9.53 Å². The second kappa shape index (κ2) is 5.67. The van der Waals surface area contributed by atoms with Gasteiger partial charge in [-0.05, 0) is 13.8 Å². The van der Waals surface area contributed by atoms with Crippen LogP contribution in [-0.4, -0.2) is 35.6 Å². The smallest absolute Gasteiger partial charge is 0.325 e. The number of esters is 1. The van der Waals surface area contributed by atoms with Crippen LogP contribution in [0.15, 0.2) is 6.33 Å². The number of ether oxygens (including phenoxy) is 1. The molecule has 0 unspecified atom stereocenters. The van der Waals surface area contributed by atoms with Crippen molar-refractivity contribution in [3.05, 3.63) is 11.5 Å². The van der Waals surface area contributed by atoms with Gasteiger partial charge in [-0.15, -0.1) is 0 Å². The first-order valence-electron chi connectivity index (χ1n) is 5.06. The van der Waals surface area contributed by atoms with E-state index in [1.54, 1.807) is 4.90 Å². The van der Waals surface area contributed by atoms with Gasteiger partial charge in [-0.25, -0.2) is 9.97 Å². The molecule has 0 aliphatic heterocycles. The molecule has 0 spiro atoms. The minimum atomic E-state index is -0.368. The lowest BCUT2D eigenvalue weighted by molar-refractivity contribution is -0.139. The Morgan fingerprint density at radius 3 is 2.76 bits per heavy atom. The highest BCUT2D eigenvalue weighted by molar-refractivity contribution is 6.32. The number of hydrogen-bond acceptors (Lipinski definition) is 6. The number of aromatic nitrogens is 2. The molecule has 0 aromatic carbocycles. The summed E-state index contributed by atoms with van der Waals surface area (Å²) in [5.74, 6) is 0.0678. The molecule has 0 radical (unpaired) electrons. The quantitative estimate of drug-likeness (QED) is 0.643. The van der Waals surface area contributed by atoms with Crippen LogP contribution in [0.3, 0.4) is 0 Å². The van der Waals surface area contributed by atoms with Crippen molar-refractivity contribution in [3.63, 3.8) is 0 Å². The number of anilines is 2. The van der Waals surface area contributed by atoms with Gasteiger partial charge in [0.1, 0.15) is 18.6 Å². The maximum atomic E-state index is 11.3. The minimum absolute atomic E-state index is 0.0300. The lowest BCUT2D eigenvalue weighted by Gasteiger charge is -2.27. The van der Waals surface area contributed by atoms with Crippen molar-refractivity contribution >= 4 is 29.1 Å². The van der Waals surface area contributed by atoms with Gasteiger partial charge >= 0.3 is 5.97 Å². The van der Waals surface area contributed by atoms with E-state index in [2.05, 4.69) is 14.7 Å². The average Bonchev–Trinajstić information content (AvgIpc) is 2.29. The summed E-state index contributed by atoms with van der Waals surface area (Å²) in [6, 6.07) is 0.0300. The van der Waals surface area contributed by atoms with Gasteiger partial charge in [0.15, 0.2) is 11.0 Å². The number of methoxy groups -OCH3 is 1. The van der Waals surface area contributed by atoms with Crippen molar-refractivity contribution in [1.82, 2.24) is 9.97 Å². The number of nitrogen functional groups attached to an aromatic ring is 1. The zero-order valence-electron chi connectivity index (χ0n) is 9.98. The van der Waals surface area contributed by atoms with Crippen molar-refractivity contribution in [2.75, 3.05) is 24.3 Å². The Balaban J connectivity index is 3.06. The largest absolute Gasteiger partial charge is 0.468 e. The van der Waals surface area contributed by atoms with Crippen LogP contribution in [0.25, 0.3) is 0 Å². The molecule has 0 amide bonds. The maximum Gasteiger partial charge on any atom is 0.325 e. The molecule has 1 heterocycles. The van der Waals surface area contributed by atoms with Gasteiger partial charge in [0.2, 0.25) is 0 Å². The van der Waals surface area contributed by atoms with E-state index < -0.39 is 0 Å². The Labute approximate surface area is 105 Å². The van der Waals surface area contributed by atoms with Crippen LogP contribution in [0.2, 0.25) is 5.15 Å². The highest BCUT2D eigenvalue weighted by Gasteiger charge is 2.20. The van der Waals surface area contributed by atoms with Crippen LogP contribution in [0.1, 0.15) is 13.8 Å². The lowest BCUT2D eigenvalue weighted by atomic mass is 10.3. The topological polar surface area (TPSA) is 81.3 Å². The van der Waals surface area contributed by atoms with Gasteiger partial charge in [0.05, 0.1) is 7.11 Å². The zero-order chi connectivity index (χ0) is 13.0. The second-order valence-corrected chi connectivity index (χ2v) is 4.06. The molecule has 1 rings (SSSR count). The van der Waals surface area contributed by atoms with E-state index >= 15 is 0 Å². The van der Waals surface area contributed by atoms with E-state index in [9.17, 15) is 4.79 Å². The van der Waals surface area contributed by atoms with Gasteiger partial charge in [0.25, 0.3) is 0 Å². The van der Waals surface area contributed by atoms with Crippen LogP contribution in [-0.2, 0) is 9.53 Å². The molecule has 0 saturated heterocycles. The average molecular weight is 259 g/mol. The van der Waals surface area contributed by atoms with Gasteiger partial charge < -0.3 is 15.4 Å². The summed E-state index contributed by atoms with van der Waals surface area (Å²) in [6.45, 7) is 3.89. The summed E-state index contributed by atoms with van der Waals surface area (Å²) in [4.78, 5) is 20.8. The number of hydrogen-bond donors (Lipinski definition) is 1. The molecule has 1 aromatic heterocycles. The molecule has 2 N–H and O–H groups in total. The first kappa shape index (κ1) is 13.5. The SMILES string of the molecule is COC(=O)CN(c1ncnc(Cl)c1N)C(C)C. The standard InChI is InChI=1S/C10H15ClN4O2/c1-6(2)15(4-7(16)17-3)10-8(12)9(11)13-5-14-10/h5-6H,4,12H2,1-3H3. The molecule has 0 bridgehead atoms. The van der Waals surface area contributed by atoms with E-state index in [1.807, 2.05) is 13.8 Å². The summed E-state index contributed by atoms with van der Waals surface area (Å²) in [7, 11) is 1.33. The Hall–Kier alpha value is -1.56. The summed E-state index contributed by atoms with van der Waals surface area (Å²) < 4.78 is 4.62. The highest BCUT2D eigenvalue weighted by atomic mass is 35.5. The van der Waals surface area contributed by atoms with Crippen LogP contribution in [0, 0.1) is 0 Å². The van der Waals surface area contributed by atoms with Crippen molar-refractivity contribution in [3.8, 4) is 0 Å². The molecule has 0 fully saturated rings. The fourth-order valence-electron chi connectivity index (χ4n) is 1.30. The molecule has 0 atom stereocenters. The maximum absolute atomic E-state index is 11.3. The molecule has 1 aromatic rings. The van der Waals surface area contributed by atoms with E-state index in [0.717, 1.165) is 0 Å². The number of nitrogens with two attached hydrogens (primary N) is 1. The first-order chi connectivity index (χ1) is 7.97. The molecule has 94 valence electrons. The third kappa shape index (κ3) is 3.20. The third-order valence-electron chi connectivity index (χ3n) is 2.24. The van der Waals surface area contributed by atoms with Crippen LogP contribution >= 0.6 is 11.6 Å². The van der Waals surface area contributed by atoms with Crippen LogP contribution < -0.4 is 10.6 Å². The zero-order valence-corrected chi connectivity index (χ0v) is 10.7. The fourth-order valence-corrected chi connectivity index (χ4v) is 1.43. The highest BCUT2D eigenvalue weighted by Crippen LogP contribution is 2.26. The molecule has 17 heavy (non-hydrogen) atoms. The van der Waals surface area contributed by atoms with Crippen molar-refractivity contribution in [2.24, 2.45) is 0 Å². The fraction of sp³-hybridized carbons (Fsp3) is 0.500. The van der Waals surface area contributed by atoms with Crippen LogP contribution in [0.5, 0.6) is 0 Å². The number of carbonyl (C=O) groups excluding carboxylic acids is 1. The Morgan fingerprint density at radius 1 is 1.59 bits per heavy atom. The van der Waals surface area contributed by atoms with Crippen molar-refractivity contribution in [2.45, 2.75) is 19.9 Å². The molecule has 0 aliphatic carbocycles. The molecule has 0 aliphatic rings. The van der Waals surface area contributed by atoms with Crippen LogP contribution in [0.4, 0.5) is 11.5 Å². The first-order valence-corrected chi connectivity index (χ1v) is 5.44. The van der Waals surface area contributed by atoms with E-state index in [1.165, 1.54) is 13.4 Å². The normalized spacial score (nSPS) is 10.4. The third-order valence-corrected chi connectivity index (χ3v) is 2.54. The molecule has 0 saturated carbocycles. The van der Waals surface area contributed by atoms with Crippen molar-refractivity contribution in [1.29, 1.82) is 0 Å². The molecular formula is C10H15ClN4O2. The predicted octanol–water partition coefficient (Wildman–Crippen LogP) is 1.10. The van der Waals surface area contributed by atoms with E-state index in [4.69, 9.17) is 17.3 Å². The summed E-state index contributed by atoms with van der Waals surface area (Å²) >= 11 is 5.81. The Kier molecular flexibility index (Phi) is 4.51. The lowest BCUT2D eigenvalue weighted by Crippen LogP contribution is -2.37. The molecule has 6 nitrogen and oxygen atoms in total. The van der Waals surface area contributed by atoms with E-state index in [0.29, 0.717) is 5.82 Å². The number of carbonyl (C=O) groups is 1. The van der Waals surface area contributed by atoms with Gasteiger partial charge in [-0.3, -0.25) is 4.79 Å². The minimum Gasteiger partial charge on any atom is -0.468 e. The monoisotopic (exact) mass is 258 g/mol. The number of rotatable bonds is 4. The van der Waals surface area contributed by atoms with E-state index in [-0.39, 0.29) is 29.4 Å². The molecule has 7 heteroatoms. The Morgan fingerprint density at radius 2 is 2.24 bits per heavy atom.